The van der Waals surface area contributed by atoms with Gasteiger partial charge in [0, 0.05) is 12.1 Å². The van der Waals surface area contributed by atoms with Crippen LogP contribution in [-0.2, 0) is 14.3 Å². The monoisotopic (exact) mass is 402 g/mol. The van der Waals surface area contributed by atoms with Gasteiger partial charge in [-0.15, -0.1) is 0 Å². The Morgan fingerprint density at radius 2 is 2.18 bits per heavy atom. The number of ether oxygens (including phenoxy) is 2. The predicted octanol–water partition coefficient (Wildman–Crippen LogP) is 4.12. The fourth-order valence-corrected chi connectivity index (χ4v) is 3.39. The van der Waals surface area contributed by atoms with Crippen LogP contribution in [0.25, 0.3) is 10.5 Å². The summed E-state index contributed by atoms with van der Waals surface area (Å²) in [6.07, 6.45) is 1.47. The minimum atomic E-state index is -0.885. The van der Waals surface area contributed by atoms with E-state index in [1.165, 1.54) is 32.6 Å². The summed E-state index contributed by atoms with van der Waals surface area (Å²) < 4.78 is 29.2. The molecule has 1 aliphatic rings. The first-order chi connectivity index (χ1) is 13.5. The van der Waals surface area contributed by atoms with Gasteiger partial charge in [-0.25, -0.2) is 14.0 Å². The highest BCUT2D eigenvalue weighted by atomic mass is 35.5. The number of rotatable bonds is 5. The van der Waals surface area contributed by atoms with Crippen molar-refractivity contribution in [3.05, 3.63) is 87.1 Å². The van der Waals surface area contributed by atoms with E-state index in [1.54, 1.807) is 12.1 Å². The van der Waals surface area contributed by atoms with Crippen LogP contribution in [0.3, 0.4) is 0 Å². The maximum Gasteiger partial charge on any atom is 0.335 e. The summed E-state index contributed by atoms with van der Waals surface area (Å²) in [5.41, 5.74) is 1.51. The predicted molar refractivity (Wildman–Crippen MR) is 100 cm³/mol. The first kappa shape index (κ1) is 19.7. The average molecular weight is 403 g/mol. The van der Waals surface area contributed by atoms with Crippen LogP contribution in [0.2, 0.25) is 5.02 Å². The van der Waals surface area contributed by atoms with Gasteiger partial charge in [-0.2, -0.15) is 0 Å². The summed E-state index contributed by atoms with van der Waals surface area (Å²) in [7, 11) is 2.72. The molecule has 1 unspecified atom stereocenters. The van der Waals surface area contributed by atoms with E-state index in [0.717, 1.165) is 6.07 Å². The molecule has 0 bridgehead atoms. The topological polar surface area (TPSA) is 65.1 Å². The molecule has 0 saturated heterocycles. The Labute approximate surface area is 166 Å². The average Bonchev–Trinajstić information content (AvgIpc) is 3.21. The third-order valence-corrected chi connectivity index (χ3v) is 4.60. The maximum absolute atomic E-state index is 13.6. The zero-order valence-corrected chi connectivity index (χ0v) is 15.8. The molecular weight excluding hydrogens is 387 g/mol. The molecular formula is C20H16ClFN2O4. The van der Waals surface area contributed by atoms with E-state index < -0.39 is 17.7 Å². The van der Waals surface area contributed by atoms with Gasteiger partial charge in [0.25, 0.3) is 0 Å². The Balaban J connectivity index is 2.31. The van der Waals surface area contributed by atoms with Gasteiger partial charge in [0.1, 0.15) is 11.6 Å². The SMILES string of the molecule is [C-]#[N+]C1=C(c2ccco2)NC(COC)=C(C(=O)OC)C1c1ccc(F)cc1Cl. The lowest BCUT2D eigenvalue weighted by Gasteiger charge is -2.30. The summed E-state index contributed by atoms with van der Waals surface area (Å²) in [6.45, 7) is 7.79. The quantitative estimate of drug-likeness (QED) is 0.602. The second kappa shape index (κ2) is 8.30. The summed E-state index contributed by atoms with van der Waals surface area (Å²) >= 11 is 6.28. The summed E-state index contributed by atoms with van der Waals surface area (Å²) in [5.74, 6) is -1.65. The molecule has 0 fully saturated rings. The van der Waals surface area contributed by atoms with Crippen molar-refractivity contribution in [1.29, 1.82) is 0 Å². The number of nitrogens with one attached hydrogen (secondary N) is 1. The van der Waals surface area contributed by atoms with E-state index in [1.807, 2.05) is 0 Å². The number of dihydropyridines is 1. The van der Waals surface area contributed by atoms with Crippen molar-refractivity contribution >= 4 is 23.3 Å². The van der Waals surface area contributed by atoms with Crippen LogP contribution in [0.4, 0.5) is 4.39 Å². The van der Waals surface area contributed by atoms with Crippen molar-refractivity contribution in [3.8, 4) is 0 Å². The Kier molecular flexibility index (Phi) is 5.83. The number of allylic oxidation sites excluding steroid dienone is 1. The molecule has 0 radical (unpaired) electrons. The normalized spacial score (nSPS) is 16.6. The Morgan fingerprint density at radius 3 is 2.75 bits per heavy atom. The van der Waals surface area contributed by atoms with Crippen molar-refractivity contribution in [3.63, 3.8) is 0 Å². The zero-order valence-electron chi connectivity index (χ0n) is 15.1. The van der Waals surface area contributed by atoms with Crippen molar-refractivity contribution in [1.82, 2.24) is 5.32 Å². The standard InChI is InChI=1S/C20H16ClFN2O4/c1-23-19-16(12-7-6-11(22)9-13(12)21)17(20(25)27-3)14(10-26-2)24-18(19)15-5-4-8-28-15/h4-9,16,24H,10H2,2-3H3. The molecule has 0 saturated carbocycles. The number of benzene rings is 1. The number of hydrogen-bond acceptors (Lipinski definition) is 5. The molecule has 6 nitrogen and oxygen atoms in total. The molecule has 0 spiro atoms. The van der Waals surface area contributed by atoms with E-state index >= 15 is 0 Å². The number of carbonyl (C=O) groups is 1. The Morgan fingerprint density at radius 1 is 1.39 bits per heavy atom. The second-order valence-electron chi connectivity index (χ2n) is 5.89. The lowest BCUT2D eigenvalue weighted by molar-refractivity contribution is -0.136. The first-order valence-corrected chi connectivity index (χ1v) is 8.57. The number of methoxy groups -OCH3 is 2. The van der Waals surface area contributed by atoms with Crippen molar-refractivity contribution in [2.24, 2.45) is 0 Å². The van der Waals surface area contributed by atoms with Gasteiger partial charge in [0.15, 0.2) is 0 Å². The fraction of sp³-hybridized carbons (Fsp3) is 0.200. The Hall–Kier alpha value is -3.08. The van der Waals surface area contributed by atoms with Crippen LogP contribution >= 0.6 is 11.6 Å². The van der Waals surface area contributed by atoms with E-state index in [-0.39, 0.29) is 22.9 Å². The molecule has 2 aromatic rings. The summed E-state index contributed by atoms with van der Waals surface area (Å²) in [4.78, 5) is 16.3. The van der Waals surface area contributed by atoms with Crippen molar-refractivity contribution < 1.29 is 23.1 Å². The van der Waals surface area contributed by atoms with E-state index in [4.69, 9.17) is 32.1 Å². The summed E-state index contributed by atoms with van der Waals surface area (Å²) in [6, 6.07) is 7.18. The summed E-state index contributed by atoms with van der Waals surface area (Å²) in [5, 5.41) is 3.15. The molecule has 28 heavy (non-hydrogen) atoms. The highest BCUT2D eigenvalue weighted by Crippen LogP contribution is 2.44. The molecule has 1 atom stereocenters. The van der Waals surface area contributed by atoms with Gasteiger partial charge in [0.2, 0.25) is 5.70 Å². The maximum atomic E-state index is 13.6. The first-order valence-electron chi connectivity index (χ1n) is 8.19. The Bertz CT molecular complexity index is 1010. The minimum Gasteiger partial charge on any atom is -0.466 e. The molecule has 1 aromatic heterocycles. The van der Waals surface area contributed by atoms with Crippen molar-refractivity contribution in [2.75, 3.05) is 20.8 Å². The van der Waals surface area contributed by atoms with Crippen LogP contribution in [0, 0.1) is 12.4 Å². The zero-order chi connectivity index (χ0) is 20.3. The van der Waals surface area contributed by atoms with Gasteiger partial charge >= 0.3 is 5.97 Å². The van der Waals surface area contributed by atoms with E-state index in [0.29, 0.717) is 22.7 Å². The molecule has 0 amide bonds. The third-order valence-electron chi connectivity index (χ3n) is 4.27. The number of carbonyl (C=O) groups excluding carboxylic acids is 1. The lowest BCUT2D eigenvalue weighted by atomic mass is 9.83. The number of halogens is 2. The molecule has 1 N–H and O–H groups in total. The number of nitrogens with zero attached hydrogens (tertiary/aromatic N) is 1. The second-order valence-corrected chi connectivity index (χ2v) is 6.30. The highest BCUT2D eigenvalue weighted by Gasteiger charge is 2.38. The fourth-order valence-electron chi connectivity index (χ4n) is 3.11. The van der Waals surface area contributed by atoms with Crippen LogP contribution in [0.5, 0.6) is 0 Å². The lowest BCUT2D eigenvalue weighted by Crippen LogP contribution is -2.31. The van der Waals surface area contributed by atoms with Gasteiger partial charge in [-0.3, -0.25) is 0 Å². The molecule has 144 valence electrons. The molecule has 8 heteroatoms. The van der Waals surface area contributed by atoms with Gasteiger partial charge in [-0.05, 0) is 29.8 Å². The van der Waals surface area contributed by atoms with Crippen LogP contribution < -0.4 is 5.32 Å². The molecule has 1 aliphatic heterocycles. The number of hydrogen-bond donors (Lipinski definition) is 1. The molecule has 0 aliphatic carbocycles. The van der Waals surface area contributed by atoms with Crippen LogP contribution in [0.15, 0.2) is 58.0 Å². The molecule has 3 rings (SSSR count). The third kappa shape index (κ3) is 3.52. The van der Waals surface area contributed by atoms with Crippen LogP contribution in [0.1, 0.15) is 17.2 Å². The smallest absolute Gasteiger partial charge is 0.335 e. The minimum absolute atomic E-state index is 0.0508. The van der Waals surface area contributed by atoms with Crippen molar-refractivity contribution in [2.45, 2.75) is 5.92 Å². The van der Waals surface area contributed by atoms with Gasteiger partial charge in [-0.1, -0.05) is 17.7 Å². The van der Waals surface area contributed by atoms with Gasteiger partial charge < -0.3 is 19.2 Å². The number of furan rings is 1. The highest BCUT2D eigenvalue weighted by molar-refractivity contribution is 6.31. The van der Waals surface area contributed by atoms with E-state index in [9.17, 15) is 9.18 Å². The largest absolute Gasteiger partial charge is 0.466 e. The van der Waals surface area contributed by atoms with E-state index in [2.05, 4.69) is 10.2 Å². The number of esters is 1. The molecule has 1 aromatic carbocycles. The van der Waals surface area contributed by atoms with Crippen LogP contribution in [-0.4, -0.2) is 26.8 Å². The van der Waals surface area contributed by atoms with Gasteiger partial charge in [0.05, 0.1) is 49.4 Å². The molecule has 2 heterocycles.